The summed E-state index contributed by atoms with van der Waals surface area (Å²) in [5.74, 6) is -0.711. The quantitative estimate of drug-likeness (QED) is 0.269. The summed E-state index contributed by atoms with van der Waals surface area (Å²) >= 11 is 6.03. The molecule has 0 atom stereocenters. The fourth-order valence-electron chi connectivity index (χ4n) is 3.12. The second-order valence-electron chi connectivity index (χ2n) is 7.85. The fourth-order valence-corrected chi connectivity index (χ4v) is 4.70. The molecule has 0 aliphatic carbocycles. The maximum atomic E-state index is 13.4. The molecule has 0 saturated carbocycles. The molecule has 0 heterocycles. The topological polar surface area (TPSA) is 122 Å². The van der Waals surface area contributed by atoms with Crippen molar-refractivity contribution < 1.29 is 18.1 Å². The lowest BCUT2D eigenvalue weighted by molar-refractivity contribution is -0.384. The number of nitrogens with zero attached hydrogens (tertiary/aromatic N) is 3. The van der Waals surface area contributed by atoms with Gasteiger partial charge in [-0.15, -0.1) is 0 Å². The Kier molecular flexibility index (Phi) is 7.88. The van der Waals surface area contributed by atoms with Gasteiger partial charge in [0.2, 0.25) is 0 Å². The number of carbonyl (C=O) groups excluding carboxylic acids is 1. The molecule has 0 aromatic heterocycles. The van der Waals surface area contributed by atoms with E-state index in [9.17, 15) is 23.3 Å². The number of nitro groups is 1. The van der Waals surface area contributed by atoms with Gasteiger partial charge in [0.25, 0.3) is 21.6 Å². The highest BCUT2D eigenvalue weighted by atomic mass is 35.5. The molecular formula is C24H23ClN4O5S. The number of nitro benzene ring substituents is 1. The Hall–Kier alpha value is -3.76. The molecule has 0 spiro atoms. The molecule has 0 bridgehead atoms. The van der Waals surface area contributed by atoms with Gasteiger partial charge in [-0.25, -0.2) is 13.8 Å². The molecule has 0 aliphatic rings. The molecule has 3 aromatic rings. The first kappa shape index (κ1) is 25.9. The van der Waals surface area contributed by atoms with Crippen molar-refractivity contribution in [3.8, 4) is 0 Å². The van der Waals surface area contributed by atoms with Crippen molar-refractivity contribution >= 4 is 45.1 Å². The maximum Gasteiger partial charge on any atom is 0.270 e. The van der Waals surface area contributed by atoms with Crippen LogP contribution in [0.5, 0.6) is 0 Å². The van der Waals surface area contributed by atoms with Crippen LogP contribution in [-0.2, 0) is 14.8 Å². The summed E-state index contributed by atoms with van der Waals surface area (Å²) in [6, 6.07) is 15.2. The van der Waals surface area contributed by atoms with Crippen LogP contribution >= 0.6 is 11.6 Å². The van der Waals surface area contributed by atoms with E-state index in [-0.39, 0.29) is 21.2 Å². The van der Waals surface area contributed by atoms with E-state index in [4.69, 9.17) is 11.6 Å². The van der Waals surface area contributed by atoms with Crippen LogP contribution in [0.25, 0.3) is 0 Å². The lowest BCUT2D eigenvalue weighted by atomic mass is 10.1. The van der Waals surface area contributed by atoms with E-state index in [0.29, 0.717) is 5.69 Å². The molecule has 1 N–H and O–H groups in total. The molecule has 0 unspecified atom stereocenters. The van der Waals surface area contributed by atoms with E-state index < -0.39 is 27.4 Å². The number of non-ortho nitro benzene ring substituents is 1. The SMILES string of the molecule is Cc1ccc(S(=O)(=O)N(CC(=O)N/N=C\c2cc([N+](=O)[O-])ccc2Cl)c2ccc(C)c(C)c2)cc1. The van der Waals surface area contributed by atoms with Crippen LogP contribution in [0.3, 0.4) is 0 Å². The van der Waals surface area contributed by atoms with Gasteiger partial charge in [0.15, 0.2) is 0 Å². The number of hydrazone groups is 1. The summed E-state index contributed by atoms with van der Waals surface area (Å²) in [6.45, 7) is 5.05. The van der Waals surface area contributed by atoms with Gasteiger partial charge in [-0.05, 0) is 62.2 Å². The van der Waals surface area contributed by atoms with Crippen LogP contribution in [0.1, 0.15) is 22.3 Å². The van der Waals surface area contributed by atoms with Crippen LogP contribution in [0.15, 0.2) is 70.7 Å². The summed E-state index contributed by atoms with van der Waals surface area (Å²) in [7, 11) is -4.07. The van der Waals surface area contributed by atoms with Gasteiger partial charge < -0.3 is 0 Å². The fraction of sp³-hybridized carbons (Fsp3) is 0.167. The zero-order valence-corrected chi connectivity index (χ0v) is 20.8. The van der Waals surface area contributed by atoms with Gasteiger partial charge >= 0.3 is 0 Å². The number of hydrogen-bond donors (Lipinski definition) is 1. The Labute approximate surface area is 208 Å². The number of halogens is 1. The van der Waals surface area contributed by atoms with Crippen molar-refractivity contribution in [2.24, 2.45) is 5.10 Å². The standard InChI is InChI=1S/C24H23ClN4O5S/c1-16-4-9-22(10-5-16)35(33,34)28(20-7-6-17(2)18(3)12-20)15-24(30)27-26-14-19-13-21(29(31)32)8-11-23(19)25/h4-14H,15H2,1-3H3,(H,27,30)/b26-14-. The number of nitrogens with one attached hydrogen (secondary N) is 1. The summed E-state index contributed by atoms with van der Waals surface area (Å²) < 4.78 is 27.9. The number of hydrogen-bond acceptors (Lipinski definition) is 6. The Morgan fingerprint density at radius 2 is 1.74 bits per heavy atom. The van der Waals surface area contributed by atoms with Crippen molar-refractivity contribution in [1.29, 1.82) is 0 Å². The zero-order chi connectivity index (χ0) is 25.8. The Bertz CT molecular complexity index is 1410. The van der Waals surface area contributed by atoms with Crippen LogP contribution in [-0.4, -0.2) is 32.0 Å². The molecule has 0 saturated heterocycles. The average Bonchev–Trinajstić information content (AvgIpc) is 2.80. The molecule has 3 rings (SSSR count). The van der Waals surface area contributed by atoms with Gasteiger partial charge in [0.05, 0.1) is 21.7 Å². The highest BCUT2D eigenvalue weighted by Gasteiger charge is 2.27. The third-order valence-electron chi connectivity index (χ3n) is 5.26. The van der Waals surface area contributed by atoms with Crippen molar-refractivity contribution in [3.05, 3.63) is 98.1 Å². The largest absolute Gasteiger partial charge is 0.271 e. The molecule has 182 valence electrons. The number of sulfonamides is 1. The monoisotopic (exact) mass is 514 g/mol. The number of rotatable bonds is 8. The number of amides is 1. The van der Waals surface area contributed by atoms with Crippen LogP contribution in [0.2, 0.25) is 5.02 Å². The van der Waals surface area contributed by atoms with Crippen LogP contribution in [0.4, 0.5) is 11.4 Å². The normalized spacial score (nSPS) is 11.4. The van der Waals surface area contributed by atoms with Crippen molar-refractivity contribution in [3.63, 3.8) is 0 Å². The lowest BCUT2D eigenvalue weighted by Gasteiger charge is -2.24. The van der Waals surface area contributed by atoms with E-state index >= 15 is 0 Å². The average molecular weight is 515 g/mol. The predicted molar refractivity (Wildman–Crippen MR) is 135 cm³/mol. The zero-order valence-electron chi connectivity index (χ0n) is 19.2. The molecule has 35 heavy (non-hydrogen) atoms. The second-order valence-corrected chi connectivity index (χ2v) is 10.1. The highest BCUT2D eigenvalue weighted by Crippen LogP contribution is 2.26. The summed E-state index contributed by atoms with van der Waals surface area (Å²) in [5.41, 5.74) is 5.36. The van der Waals surface area contributed by atoms with E-state index in [0.717, 1.165) is 27.2 Å². The smallest absolute Gasteiger partial charge is 0.270 e. The Balaban J connectivity index is 1.87. The number of anilines is 1. The van der Waals surface area contributed by atoms with Crippen LogP contribution < -0.4 is 9.73 Å². The maximum absolute atomic E-state index is 13.4. The van der Waals surface area contributed by atoms with E-state index in [2.05, 4.69) is 10.5 Å². The second kappa shape index (κ2) is 10.7. The minimum absolute atomic E-state index is 0.0426. The van der Waals surface area contributed by atoms with Crippen molar-refractivity contribution in [1.82, 2.24) is 5.43 Å². The molecule has 11 heteroatoms. The first-order valence-corrected chi connectivity index (χ1v) is 12.2. The first-order chi connectivity index (χ1) is 16.5. The third kappa shape index (κ3) is 6.23. The number of benzene rings is 3. The molecule has 0 aliphatic heterocycles. The number of carbonyl (C=O) groups is 1. The molecule has 9 nitrogen and oxygen atoms in total. The highest BCUT2D eigenvalue weighted by molar-refractivity contribution is 7.92. The minimum Gasteiger partial charge on any atom is -0.271 e. The molecule has 0 radical (unpaired) electrons. The van der Waals surface area contributed by atoms with E-state index in [1.165, 1.54) is 30.3 Å². The molecule has 3 aromatic carbocycles. The van der Waals surface area contributed by atoms with Crippen molar-refractivity contribution in [2.75, 3.05) is 10.8 Å². The van der Waals surface area contributed by atoms with Gasteiger partial charge in [-0.1, -0.05) is 35.4 Å². The predicted octanol–water partition coefficient (Wildman–Crippen LogP) is 4.52. The lowest BCUT2D eigenvalue weighted by Crippen LogP contribution is -2.39. The summed E-state index contributed by atoms with van der Waals surface area (Å²) in [4.78, 5) is 23.1. The van der Waals surface area contributed by atoms with E-state index in [1.807, 2.05) is 20.8 Å². The minimum atomic E-state index is -4.07. The van der Waals surface area contributed by atoms with Gasteiger partial charge in [0.1, 0.15) is 6.54 Å². The summed E-state index contributed by atoms with van der Waals surface area (Å²) in [5, 5.41) is 15.0. The Morgan fingerprint density at radius 1 is 1.06 bits per heavy atom. The van der Waals surface area contributed by atoms with Gasteiger partial charge in [0, 0.05) is 22.7 Å². The van der Waals surface area contributed by atoms with Gasteiger partial charge in [-0.2, -0.15) is 5.10 Å². The molecule has 1 amide bonds. The van der Waals surface area contributed by atoms with Gasteiger partial charge in [-0.3, -0.25) is 19.2 Å². The first-order valence-electron chi connectivity index (χ1n) is 10.4. The summed E-state index contributed by atoms with van der Waals surface area (Å²) in [6.07, 6.45) is 1.15. The van der Waals surface area contributed by atoms with Crippen LogP contribution in [0, 0.1) is 30.9 Å². The van der Waals surface area contributed by atoms with E-state index in [1.54, 1.807) is 30.3 Å². The third-order valence-corrected chi connectivity index (χ3v) is 7.39. The Morgan fingerprint density at radius 3 is 2.37 bits per heavy atom. The van der Waals surface area contributed by atoms with Crippen molar-refractivity contribution in [2.45, 2.75) is 25.7 Å². The molecular weight excluding hydrogens is 492 g/mol. The molecule has 0 fully saturated rings. The number of aryl methyl sites for hydroxylation is 3.